The third-order valence-corrected chi connectivity index (χ3v) is 25.1. The zero-order valence-corrected chi connectivity index (χ0v) is 51.9. The van der Waals surface area contributed by atoms with Crippen LogP contribution in [0.5, 0.6) is 69.0 Å². The van der Waals surface area contributed by atoms with Crippen LogP contribution in [-0.4, -0.2) is 154 Å². The first-order valence-corrected chi connectivity index (χ1v) is 33.9. The molecule has 0 amide bonds. The highest BCUT2D eigenvalue weighted by molar-refractivity contribution is 8.11. The molecule has 22 nitrogen and oxygen atoms in total. The molecule has 7 N–H and O–H groups in total. The van der Waals surface area contributed by atoms with Gasteiger partial charge in [-0.2, -0.15) is 0 Å². The predicted molar refractivity (Wildman–Crippen MR) is 325 cm³/mol. The number of likely N-dealkylation sites (N-methyl/N-ethyl adjacent to an activating group) is 3. The molecule has 3 unspecified atom stereocenters. The van der Waals surface area contributed by atoms with Crippen molar-refractivity contribution in [3.8, 4) is 69.0 Å². The highest BCUT2D eigenvalue weighted by atomic mass is 32.4. The van der Waals surface area contributed by atoms with Gasteiger partial charge in [0.1, 0.15) is 44.2 Å². The van der Waals surface area contributed by atoms with E-state index in [1.165, 1.54) is 0 Å². The van der Waals surface area contributed by atoms with Crippen LogP contribution < -0.4 is 72.1 Å². The van der Waals surface area contributed by atoms with Gasteiger partial charge in [0.15, 0.2) is 69.0 Å². The molecule has 9 heterocycles. The maximum atomic E-state index is 12.4. The summed E-state index contributed by atoms with van der Waals surface area (Å²) in [6, 6.07) is 24.5. The average Bonchev–Trinajstić information content (AvgIpc) is 0.945. The Morgan fingerprint density at radius 2 is 0.656 bits per heavy atom. The molecule has 6 aromatic carbocycles. The first kappa shape index (κ1) is 57.1. The first-order chi connectivity index (χ1) is 43.2. The van der Waals surface area contributed by atoms with Crippen molar-refractivity contribution in [2.24, 2.45) is 0 Å². The third-order valence-electron chi connectivity index (χ3n) is 22.0. The summed E-state index contributed by atoms with van der Waals surface area (Å²) in [5, 5.41) is 49.3. The summed E-state index contributed by atoms with van der Waals surface area (Å²) < 4.78 is 74.2. The van der Waals surface area contributed by atoms with Crippen LogP contribution in [0.15, 0.2) is 72.8 Å². The maximum absolute atomic E-state index is 12.4. The number of rotatable bonds is 12. The van der Waals surface area contributed by atoms with Gasteiger partial charge >= 0.3 is 0 Å². The molecular weight excluding hydrogens is 1200 g/mol. The molecule has 9 aliphatic heterocycles. The van der Waals surface area contributed by atoms with Crippen LogP contribution in [0.25, 0.3) is 0 Å². The number of nitrogens with one attached hydrogen (secondary N) is 3. The van der Waals surface area contributed by atoms with Crippen molar-refractivity contribution in [1.29, 1.82) is 0 Å². The molecule has 0 spiro atoms. The van der Waals surface area contributed by atoms with E-state index in [9.17, 15) is 15.3 Å². The van der Waals surface area contributed by atoms with Crippen LogP contribution >= 0.6 is 6.49 Å². The molecule has 12 atom stereocenters. The molecule has 12 aliphatic rings. The highest BCUT2D eigenvalue weighted by Gasteiger charge is 2.57. The van der Waals surface area contributed by atoms with E-state index in [1.54, 1.807) is 0 Å². The van der Waals surface area contributed by atoms with E-state index in [4.69, 9.17) is 68.6 Å². The fraction of sp³-hybridized carbons (Fsp3) is 0.455. The van der Waals surface area contributed by atoms with Gasteiger partial charge in [0.2, 0.25) is 40.8 Å². The van der Waals surface area contributed by atoms with Gasteiger partial charge in [0.05, 0.1) is 113 Å². The molecule has 24 heteroatoms. The number of ether oxygens (including phenoxy) is 12. The van der Waals surface area contributed by atoms with E-state index in [1.807, 2.05) is 18.2 Å². The second-order valence-electron chi connectivity index (χ2n) is 27.0. The minimum Gasteiger partial charge on any atom is -0.870 e. The fourth-order valence-corrected chi connectivity index (χ4v) is 20.5. The van der Waals surface area contributed by atoms with E-state index in [0.29, 0.717) is 126 Å². The summed E-state index contributed by atoms with van der Waals surface area (Å²) in [5.41, 5.74) is 13.0. The quantitative estimate of drug-likeness (QED) is 0.0576. The van der Waals surface area contributed by atoms with Crippen molar-refractivity contribution >= 4 is 18.3 Å². The van der Waals surface area contributed by atoms with Gasteiger partial charge < -0.3 is 91.1 Å². The molecule has 0 aromatic heterocycles. The number of aliphatic hydroxyl groups is 3. The van der Waals surface area contributed by atoms with Gasteiger partial charge in [0.25, 0.3) is 0 Å². The summed E-state index contributed by atoms with van der Waals surface area (Å²) in [7, 11) is 6.88. The number of nitrogens with zero attached hydrogens (tertiary/aromatic N) is 3. The van der Waals surface area contributed by atoms with Gasteiger partial charge in [-0.05, 0) is 119 Å². The van der Waals surface area contributed by atoms with Gasteiger partial charge in [-0.25, -0.2) is 0 Å². The molecule has 3 aliphatic carbocycles. The average molecular weight is 1270 g/mol. The van der Waals surface area contributed by atoms with Crippen molar-refractivity contribution in [1.82, 2.24) is 15.3 Å². The SMILES string of the molecule is C[N+]1(CCNP(=S)(NCC[N+]2(C)Cc3c(ccc4c3OCO4)[C@@H]3[C@H]2c2cc4c(cc2C[C@@H]3O)OCO4)NCC[N+]2(C)Cc3c(ccc4c3OCO4)[C@@H]3[C@H]2c2cc4c(cc2C[C@@H]3O)OCO4)Cc2c(ccc3c2OCO3)[C@@H]2[C@H]1c1cc3c(cc1C[C@@H]2O)OCO3.[OH-]. The van der Waals surface area contributed by atoms with Crippen molar-refractivity contribution in [3.63, 3.8) is 0 Å². The zero-order chi connectivity index (χ0) is 59.9. The molecule has 0 radical (unpaired) electrons. The molecular formula is C66H73N6O16PS+2. The molecule has 18 rings (SSSR count). The van der Waals surface area contributed by atoms with Crippen LogP contribution in [0.4, 0.5) is 0 Å². The second kappa shape index (κ2) is 20.8. The Morgan fingerprint density at radius 1 is 0.389 bits per heavy atom. The zero-order valence-electron chi connectivity index (χ0n) is 50.2. The van der Waals surface area contributed by atoms with Crippen LogP contribution in [0, 0.1) is 0 Å². The molecule has 0 fully saturated rings. The Kier molecular flexibility index (Phi) is 13.2. The molecule has 0 bridgehead atoms. The summed E-state index contributed by atoms with van der Waals surface area (Å²) in [4.78, 5) is 0. The molecule has 6 aromatic rings. The Labute approximate surface area is 525 Å². The summed E-state index contributed by atoms with van der Waals surface area (Å²) in [6.07, 6.45) is -0.622. The number of quaternary nitrogens is 3. The van der Waals surface area contributed by atoms with Gasteiger partial charge in [-0.15, -0.1) is 0 Å². The third kappa shape index (κ3) is 8.68. The minimum absolute atomic E-state index is 0. The van der Waals surface area contributed by atoms with Crippen molar-refractivity contribution in [2.75, 3.05) is 101 Å². The van der Waals surface area contributed by atoms with Crippen molar-refractivity contribution in [3.05, 3.63) is 140 Å². The van der Waals surface area contributed by atoms with Gasteiger partial charge in [0, 0.05) is 16.7 Å². The van der Waals surface area contributed by atoms with E-state index >= 15 is 0 Å². The molecule has 0 saturated carbocycles. The smallest absolute Gasteiger partial charge is 0.231 e. The number of benzene rings is 6. The summed E-state index contributed by atoms with van der Waals surface area (Å²) >= 11 is 7.08. The van der Waals surface area contributed by atoms with E-state index in [2.05, 4.69) is 91.0 Å². The topological polar surface area (TPSA) is 238 Å². The van der Waals surface area contributed by atoms with Crippen LogP contribution in [0.2, 0.25) is 0 Å². The lowest BCUT2D eigenvalue weighted by Crippen LogP contribution is -2.58. The number of aliphatic hydroxyl groups excluding tert-OH is 3. The fourth-order valence-electron chi connectivity index (χ4n) is 18.1. The molecule has 472 valence electrons. The summed E-state index contributed by atoms with van der Waals surface area (Å²) in [5.74, 6) is 7.90. The highest BCUT2D eigenvalue weighted by Crippen LogP contribution is 2.61. The van der Waals surface area contributed by atoms with Crippen LogP contribution in [-0.2, 0) is 50.7 Å². The number of hydrogen-bond donors (Lipinski definition) is 6. The normalized spacial score (nSPS) is 30.9. The lowest BCUT2D eigenvalue weighted by Gasteiger charge is -2.53. The van der Waals surface area contributed by atoms with Crippen LogP contribution in [0.1, 0.15) is 103 Å². The molecule has 90 heavy (non-hydrogen) atoms. The lowest BCUT2D eigenvalue weighted by molar-refractivity contribution is -0.956. The largest absolute Gasteiger partial charge is 0.870 e. The Bertz CT molecular complexity index is 3650. The van der Waals surface area contributed by atoms with Gasteiger partial charge in [-0.3, -0.25) is 15.3 Å². The van der Waals surface area contributed by atoms with Crippen molar-refractivity contribution in [2.45, 2.75) is 93.1 Å². The first-order valence-electron chi connectivity index (χ1n) is 31.1. The van der Waals surface area contributed by atoms with E-state index in [0.717, 1.165) is 101 Å². The Hall–Kier alpha value is -6.83. The second-order valence-corrected chi connectivity index (χ2v) is 30.8. The van der Waals surface area contributed by atoms with E-state index in [-0.39, 0.29) is 82.1 Å². The Balaban J connectivity index is 0.00000624. The monoisotopic (exact) mass is 1270 g/mol. The number of hydrogen-bond acceptors (Lipinski definition) is 17. The van der Waals surface area contributed by atoms with Gasteiger partial charge in [-0.1, -0.05) is 18.2 Å². The Morgan fingerprint density at radius 3 is 0.956 bits per heavy atom. The lowest BCUT2D eigenvalue weighted by atomic mass is 9.69. The van der Waals surface area contributed by atoms with Crippen molar-refractivity contribution < 1.29 is 91.1 Å². The number of fused-ring (bicyclic) bond motifs is 24. The maximum Gasteiger partial charge on any atom is 0.231 e. The van der Waals surface area contributed by atoms with Crippen LogP contribution in [0.3, 0.4) is 0 Å². The van der Waals surface area contributed by atoms with E-state index < -0.39 is 24.8 Å². The molecule has 0 saturated heterocycles. The summed E-state index contributed by atoms with van der Waals surface area (Å²) in [6.45, 7) is 3.20. The predicted octanol–water partition coefficient (Wildman–Crippen LogP) is 6.38. The standard InChI is InChI=1S/C66H72N6O15PS.H2O/c1-70(25-43-37(4-7-49-64(43)85-31-76-49)58-46(73)16-34-19-52-55(82-28-79-52)22-40(34)61(58)70)13-10-67-88(89,68-11-14-71(2)26-44-38(5-8-50-65(44)86-32-77-50)59-47(74)17-35-20-53-56(83-29-80-53)23-41(35)62(59)71)69-12-15-72(3)27-45-39(6-9-51-66(45)87-33-78-51)60-48(75)18-36-21-54-57(84-30-81-54)24-42(36)63(60)72;/h4-9,19-24,46-48,58-63,73-75H,10-18,25-33H2,1-3H3,(H3,67,68,69,89);1H2/q+3;/p-1/t46-,47-,48-,58-,59-,60-,61+,62+,63+,70?,71?,72?,88?;/m0./s1. The minimum atomic E-state index is -2.96.